The molecule has 0 radical (unpaired) electrons. The molecular weight excluding hydrogens is 502 g/mol. The van der Waals surface area contributed by atoms with Gasteiger partial charge >= 0.3 is 0 Å². The lowest BCUT2D eigenvalue weighted by Gasteiger charge is -2.16. The van der Waals surface area contributed by atoms with Gasteiger partial charge in [-0.2, -0.15) is 5.10 Å². The summed E-state index contributed by atoms with van der Waals surface area (Å²) >= 11 is 8.43. The zero-order chi connectivity index (χ0) is 24.9. The molecule has 2 heterocycles. The molecule has 0 bridgehead atoms. The summed E-state index contributed by atoms with van der Waals surface area (Å²) in [6, 6.07) is 20.1. The number of hydrogen-bond acceptors (Lipinski definition) is 6. The molecule has 35 heavy (non-hydrogen) atoms. The minimum atomic E-state index is -0.424. The first-order chi connectivity index (χ1) is 16.8. The van der Waals surface area contributed by atoms with E-state index in [0.29, 0.717) is 37.5 Å². The van der Waals surface area contributed by atoms with Crippen molar-refractivity contribution >= 4 is 51.8 Å². The number of hydrazone groups is 1. The number of nitrogens with zero attached hydrogens (tertiary/aromatic N) is 2. The molecule has 2 aromatic heterocycles. The van der Waals surface area contributed by atoms with Crippen molar-refractivity contribution in [1.82, 2.24) is 10.3 Å². The van der Waals surface area contributed by atoms with Crippen LogP contribution in [-0.2, 0) is 6.54 Å². The third-order valence-electron chi connectivity index (χ3n) is 5.24. The van der Waals surface area contributed by atoms with Crippen molar-refractivity contribution < 1.29 is 14.7 Å². The lowest BCUT2D eigenvalue weighted by Crippen LogP contribution is -2.25. The van der Waals surface area contributed by atoms with Crippen LogP contribution in [0.1, 0.15) is 37.4 Å². The largest absolute Gasteiger partial charge is 0.506 e. The molecule has 4 aromatic rings. The van der Waals surface area contributed by atoms with Crippen molar-refractivity contribution in [2.24, 2.45) is 5.10 Å². The first-order valence-corrected chi connectivity index (χ1v) is 12.7. The Morgan fingerprint density at radius 1 is 1.03 bits per heavy atom. The van der Waals surface area contributed by atoms with Crippen molar-refractivity contribution in [3.8, 4) is 16.2 Å². The summed E-state index contributed by atoms with van der Waals surface area (Å²) in [4.78, 5) is 28.5. The third-order valence-corrected chi connectivity index (χ3v) is 7.58. The standard InChI is InChI=1S/C26H22ClN3O3S2/c1-16(20-15-34-24(23(20)31)18-8-10-19(27)11-9-18)28-29-25(32)21-12-13-22(35-21)26(33)30(2)14-17-6-4-3-5-7-17/h3-13,15,31H,14H2,1-2H3,(H,29,32)/b28-16+. The van der Waals surface area contributed by atoms with E-state index in [1.807, 2.05) is 42.5 Å². The fraction of sp³-hybridized carbons (Fsp3) is 0.115. The van der Waals surface area contributed by atoms with Crippen molar-refractivity contribution in [2.45, 2.75) is 13.5 Å². The summed E-state index contributed by atoms with van der Waals surface area (Å²) in [5, 5.41) is 17.2. The van der Waals surface area contributed by atoms with E-state index in [1.165, 1.54) is 11.3 Å². The Morgan fingerprint density at radius 3 is 2.43 bits per heavy atom. The second kappa shape index (κ2) is 10.9. The fourth-order valence-electron chi connectivity index (χ4n) is 3.36. The van der Waals surface area contributed by atoms with Gasteiger partial charge in [0.05, 0.1) is 25.9 Å². The topological polar surface area (TPSA) is 82.0 Å². The van der Waals surface area contributed by atoms with Gasteiger partial charge in [-0.15, -0.1) is 22.7 Å². The van der Waals surface area contributed by atoms with Gasteiger partial charge in [0.1, 0.15) is 5.75 Å². The molecule has 0 aliphatic rings. The highest BCUT2D eigenvalue weighted by Gasteiger charge is 2.18. The summed E-state index contributed by atoms with van der Waals surface area (Å²) < 4.78 is 0. The van der Waals surface area contributed by atoms with Crippen LogP contribution in [0.15, 0.2) is 77.2 Å². The summed E-state index contributed by atoms with van der Waals surface area (Å²) in [7, 11) is 1.73. The number of thiophene rings is 2. The predicted octanol–water partition coefficient (Wildman–Crippen LogP) is 6.26. The Labute approximate surface area is 216 Å². The van der Waals surface area contributed by atoms with E-state index in [1.54, 1.807) is 48.5 Å². The molecule has 2 aromatic carbocycles. The summed E-state index contributed by atoms with van der Waals surface area (Å²) in [5.41, 5.74) is 5.37. The van der Waals surface area contributed by atoms with Gasteiger partial charge in [0.2, 0.25) is 0 Å². The van der Waals surface area contributed by atoms with E-state index >= 15 is 0 Å². The van der Waals surface area contributed by atoms with Crippen molar-refractivity contribution in [1.29, 1.82) is 0 Å². The van der Waals surface area contributed by atoms with Gasteiger partial charge in [-0.25, -0.2) is 5.43 Å². The van der Waals surface area contributed by atoms with Crippen molar-refractivity contribution in [3.63, 3.8) is 0 Å². The molecule has 2 amide bonds. The van der Waals surface area contributed by atoms with Crippen LogP contribution in [0.2, 0.25) is 5.02 Å². The molecule has 0 saturated heterocycles. The molecule has 0 saturated carbocycles. The van der Waals surface area contributed by atoms with Crippen LogP contribution in [0.25, 0.3) is 10.4 Å². The molecule has 0 fully saturated rings. The molecule has 0 spiro atoms. The van der Waals surface area contributed by atoms with Crippen LogP contribution < -0.4 is 5.43 Å². The van der Waals surface area contributed by atoms with E-state index in [-0.39, 0.29) is 11.7 Å². The molecule has 0 aliphatic carbocycles. The molecule has 0 aliphatic heterocycles. The van der Waals surface area contributed by atoms with Crippen molar-refractivity contribution in [2.75, 3.05) is 7.05 Å². The minimum Gasteiger partial charge on any atom is -0.506 e. The number of hydrogen-bond donors (Lipinski definition) is 2. The lowest BCUT2D eigenvalue weighted by molar-refractivity contribution is 0.0789. The maximum absolute atomic E-state index is 12.8. The van der Waals surface area contributed by atoms with E-state index in [2.05, 4.69) is 10.5 Å². The van der Waals surface area contributed by atoms with Crippen LogP contribution in [-0.4, -0.2) is 34.6 Å². The molecular formula is C26H22ClN3O3S2. The van der Waals surface area contributed by atoms with Gasteiger partial charge < -0.3 is 10.0 Å². The number of benzene rings is 2. The van der Waals surface area contributed by atoms with Gasteiger partial charge in [-0.3, -0.25) is 9.59 Å². The van der Waals surface area contributed by atoms with Crippen LogP contribution in [0.5, 0.6) is 5.75 Å². The zero-order valence-corrected chi connectivity index (χ0v) is 21.4. The highest BCUT2D eigenvalue weighted by molar-refractivity contribution is 7.16. The minimum absolute atomic E-state index is 0.0956. The number of nitrogens with one attached hydrogen (secondary N) is 1. The summed E-state index contributed by atoms with van der Waals surface area (Å²) in [6.45, 7) is 2.18. The van der Waals surface area contributed by atoms with Crippen LogP contribution in [0, 0.1) is 0 Å². The highest BCUT2D eigenvalue weighted by atomic mass is 35.5. The zero-order valence-electron chi connectivity index (χ0n) is 19.0. The normalized spacial score (nSPS) is 11.3. The SMILES string of the molecule is C/C(=N\NC(=O)c1ccc(C(=O)N(C)Cc2ccccc2)s1)c1csc(-c2ccc(Cl)cc2)c1O. The average Bonchev–Trinajstić information content (AvgIpc) is 3.50. The maximum atomic E-state index is 12.8. The van der Waals surface area contributed by atoms with Gasteiger partial charge in [0.15, 0.2) is 0 Å². The Bertz CT molecular complexity index is 1380. The molecule has 0 atom stereocenters. The molecule has 0 unspecified atom stereocenters. The monoisotopic (exact) mass is 523 g/mol. The fourth-order valence-corrected chi connectivity index (χ4v) is 5.38. The molecule has 6 nitrogen and oxygen atoms in total. The quantitative estimate of drug-likeness (QED) is 0.221. The Kier molecular flexibility index (Phi) is 7.65. The number of halogens is 1. The van der Waals surface area contributed by atoms with E-state index in [4.69, 9.17) is 11.6 Å². The predicted molar refractivity (Wildman–Crippen MR) is 143 cm³/mol. The van der Waals surface area contributed by atoms with Crippen LogP contribution in [0.4, 0.5) is 0 Å². The molecule has 2 N–H and O–H groups in total. The summed E-state index contributed by atoms with van der Waals surface area (Å²) in [5.74, 6) is -0.486. The average molecular weight is 524 g/mol. The van der Waals surface area contributed by atoms with Gasteiger partial charge in [0.25, 0.3) is 11.8 Å². The Balaban J connectivity index is 1.41. The Morgan fingerprint density at radius 2 is 1.71 bits per heavy atom. The highest BCUT2D eigenvalue weighted by Crippen LogP contribution is 2.39. The Hall–Kier alpha value is -3.46. The van der Waals surface area contributed by atoms with E-state index in [0.717, 1.165) is 22.5 Å². The number of carbonyl (C=O) groups is 2. The van der Waals surface area contributed by atoms with Gasteiger partial charge in [0, 0.05) is 24.0 Å². The number of rotatable bonds is 7. The second-order valence-electron chi connectivity index (χ2n) is 7.78. The van der Waals surface area contributed by atoms with E-state index in [9.17, 15) is 14.7 Å². The first-order valence-electron chi connectivity index (χ1n) is 10.6. The van der Waals surface area contributed by atoms with E-state index < -0.39 is 5.91 Å². The van der Waals surface area contributed by atoms with Crippen molar-refractivity contribution in [3.05, 3.63) is 98.0 Å². The number of aromatic hydroxyl groups is 1. The van der Waals surface area contributed by atoms with Crippen LogP contribution >= 0.6 is 34.3 Å². The van der Waals surface area contributed by atoms with Gasteiger partial charge in [-0.05, 0) is 42.3 Å². The molecule has 9 heteroatoms. The second-order valence-corrected chi connectivity index (χ2v) is 10.2. The maximum Gasteiger partial charge on any atom is 0.281 e. The van der Waals surface area contributed by atoms with Crippen LogP contribution in [0.3, 0.4) is 0 Å². The first kappa shape index (κ1) is 24.7. The number of carbonyl (C=O) groups excluding carboxylic acids is 2. The molecule has 178 valence electrons. The third kappa shape index (κ3) is 5.79. The number of amides is 2. The lowest BCUT2D eigenvalue weighted by atomic mass is 10.1. The molecule has 4 rings (SSSR count). The van der Waals surface area contributed by atoms with Gasteiger partial charge in [-0.1, -0.05) is 54.1 Å². The smallest absolute Gasteiger partial charge is 0.281 e. The summed E-state index contributed by atoms with van der Waals surface area (Å²) in [6.07, 6.45) is 0.